The summed E-state index contributed by atoms with van der Waals surface area (Å²) in [6, 6.07) is 44.3. The molecular weight excluding hydrogens is 821 g/mol. The summed E-state index contributed by atoms with van der Waals surface area (Å²) in [7, 11) is 0. The second-order valence-electron chi connectivity index (χ2n) is 10.6. The lowest BCUT2D eigenvalue weighted by Gasteiger charge is -1.98. The third-order valence-electron chi connectivity index (χ3n) is 7.09. The highest BCUT2D eigenvalue weighted by Gasteiger charge is 1.92. The van der Waals surface area contributed by atoms with Crippen molar-refractivity contribution in [2.24, 2.45) is 0 Å². The van der Waals surface area contributed by atoms with Crippen molar-refractivity contribution in [3.63, 3.8) is 0 Å². The number of thiophene rings is 2. The van der Waals surface area contributed by atoms with E-state index in [0.29, 0.717) is 0 Å². The zero-order valence-corrected chi connectivity index (χ0v) is 46.2. The van der Waals surface area contributed by atoms with Crippen molar-refractivity contribution in [1.29, 1.82) is 0 Å². The van der Waals surface area contributed by atoms with Gasteiger partial charge in [0.15, 0.2) is 0 Å². The molecule has 0 amide bonds. The first-order chi connectivity index (χ1) is 29.7. The van der Waals surface area contributed by atoms with Gasteiger partial charge in [-0.15, -0.1) is 22.7 Å². The zero-order chi connectivity index (χ0) is 49.0. The molecule has 0 saturated carbocycles. The van der Waals surface area contributed by atoms with Crippen LogP contribution in [0, 0.1) is 48.5 Å². The molecule has 0 nitrogen and oxygen atoms in total. The number of benzene rings is 5. The first-order valence-electron chi connectivity index (χ1n) is 23.7. The van der Waals surface area contributed by atoms with Gasteiger partial charge in [0.2, 0.25) is 0 Å². The summed E-state index contributed by atoms with van der Waals surface area (Å²) in [5.41, 5.74) is 6.81. The summed E-state index contributed by atoms with van der Waals surface area (Å²) >= 11 is 3.61. The lowest BCUT2D eigenvalue weighted by Crippen LogP contribution is -1.75. The van der Waals surface area contributed by atoms with Crippen LogP contribution in [0.15, 0.2) is 138 Å². The van der Waals surface area contributed by atoms with Crippen LogP contribution in [0.3, 0.4) is 0 Å². The quantitative estimate of drug-likeness (QED) is 0.142. The zero-order valence-electron chi connectivity index (χ0n) is 44.6. The molecule has 7 rings (SSSR count). The summed E-state index contributed by atoms with van der Waals surface area (Å²) < 4.78 is 0. The van der Waals surface area contributed by atoms with Crippen molar-refractivity contribution in [3.8, 4) is 0 Å². The lowest BCUT2D eigenvalue weighted by atomic mass is 10.1. The van der Waals surface area contributed by atoms with Gasteiger partial charge >= 0.3 is 0 Å². The maximum Gasteiger partial charge on any atom is 0.00433 e. The molecule has 0 aliphatic heterocycles. The van der Waals surface area contributed by atoms with E-state index in [2.05, 4.69) is 168 Å². The molecule has 0 N–H and O–H groups in total. The highest BCUT2D eigenvalue weighted by Crippen LogP contribution is 2.17. The van der Waals surface area contributed by atoms with Gasteiger partial charge in [0.25, 0.3) is 0 Å². The fraction of sp³-hybridized carbons (Fsp3) is 0.460. The average Bonchev–Trinajstić information content (AvgIpc) is 3.93. The third-order valence-corrected chi connectivity index (χ3v) is 8.98. The molecule has 2 heterocycles. The van der Waals surface area contributed by atoms with Crippen LogP contribution in [0.2, 0.25) is 0 Å². The van der Waals surface area contributed by atoms with E-state index in [4.69, 9.17) is 0 Å². The van der Waals surface area contributed by atoms with E-state index in [0.717, 1.165) is 0 Å². The minimum atomic E-state index is 0. The van der Waals surface area contributed by atoms with Crippen molar-refractivity contribution in [3.05, 3.63) is 176 Å². The minimum Gasteiger partial charge on any atom is -0.149 e. The first-order valence-corrected chi connectivity index (χ1v) is 25.4. The van der Waals surface area contributed by atoms with E-state index < -0.39 is 0 Å². The minimum absolute atomic E-state index is 0. The molecule has 0 unspecified atom stereocenters. The van der Waals surface area contributed by atoms with Gasteiger partial charge in [-0.3, -0.25) is 0 Å². The maximum atomic E-state index is 2.20. The lowest BCUT2D eigenvalue weighted by molar-refractivity contribution is 1.44. The summed E-state index contributed by atoms with van der Waals surface area (Å²) in [6.07, 6.45) is 0. The Bertz CT molecular complexity index is 1710. The fourth-order valence-corrected chi connectivity index (χ4v) is 5.59. The van der Waals surface area contributed by atoms with E-state index in [9.17, 15) is 0 Å². The number of aryl methyl sites for hydroxylation is 7. The number of rotatable bonds is 0. The molecule has 2 aromatic heterocycles. The SMILES string of the molecule is C.C.C.C.CC.CC.CC.CC.CC.CC.CC.CC.CC.Cc1ccc2ccccc2c1.Cc1cccc2ccccc12.Cc1ccccc1.Cc1ccsc1C.Cc1ccsc1C. The molecule has 0 atom stereocenters. The van der Waals surface area contributed by atoms with E-state index in [-0.39, 0.29) is 29.7 Å². The van der Waals surface area contributed by atoms with Gasteiger partial charge in [-0.25, -0.2) is 0 Å². The van der Waals surface area contributed by atoms with Crippen molar-refractivity contribution in [1.82, 2.24) is 0 Å². The van der Waals surface area contributed by atoms with Gasteiger partial charge in [0.05, 0.1) is 0 Å². The molecule has 0 saturated heterocycles. The summed E-state index contributed by atoms with van der Waals surface area (Å²) in [4.78, 5) is 2.86. The van der Waals surface area contributed by atoms with Gasteiger partial charge in [0.1, 0.15) is 0 Å². The molecule has 0 radical (unpaired) electrons. The summed E-state index contributed by atoms with van der Waals surface area (Å²) in [5.74, 6) is 0. The Morgan fingerprint density at radius 1 is 0.262 bits per heavy atom. The Hall–Kier alpha value is -3.98. The second kappa shape index (κ2) is 71.6. The standard InChI is InChI=1S/2C11H10.C7H8.2C6H8S.9C2H6.4CH4/c1-9-5-4-7-10-6-2-3-8-11(9)10;1-9-6-7-10-4-2-3-5-11(10)8-9;1-7-5-3-2-4-6-7;2*1-5-3-4-7-6(5)2;9*1-2;;;;/h2*2-8H,1H3;2-6H,1H3;2*3-4H,1-2H3;9*1-2H3;4*1H4. The molecule has 2 heteroatoms. The number of hydrogen-bond donors (Lipinski definition) is 0. The van der Waals surface area contributed by atoms with Crippen LogP contribution in [0.1, 0.15) is 192 Å². The van der Waals surface area contributed by atoms with Gasteiger partial charge in [-0.1, -0.05) is 281 Å². The molecule has 5 aromatic carbocycles. The average molecular weight is 936 g/mol. The van der Waals surface area contributed by atoms with E-state index in [1.165, 1.54) is 59.1 Å². The molecule has 378 valence electrons. The molecular formula is C63H114S2. The second-order valence-corrected chi connectivity index (χ2v) is 12.9. The van der Waals surface area contributed by atoms with E-state index >= 15 is 0 Å². The fourth-order valence-electron chi connectivity index (χ4n) is 4.13. The Morgan fingerprint density at radius 3 is 0.908 bits per heavy atom. The van der Waals surface area contributed by atoms with Crippen molar-refractivity contribution in [2.75, 3.05) is 0 Å². The Morgan fingerprint density at radius 2 is 0.600 bits per heavy atom. The van der Waals surface area contributed by atoms with Crippen LogP contribution < -0.4 is 0 Å². The molecule has 0 bridgehead atoms. The number of hydrogen-bond acceptors (Lipinski definition) is 2. The summed E-state index contributed by atoms with van der Waals surface area (Å²) in [6.45, 7) is 50.9. The van der Waals surface area contributed by atoms with Crippen LogP contribution in [0.25, 0.3) is 21.5 Å². The Labute approximate surface area is 420 Å². The van der Waals surface area contributed by atoms with Crippen molar-refractivity contribution < 1.29 is 0 Å². The van der Waals surface area contributed by atoms with Gasteiger partial charge in [-0.2, -0.15) is 0 Å². The van der Waals surface area contributed by atoms with Gasteiger partial charge < -0.3 is 0 Å². The van der Waals surface area contributed by atoms with Crippen molar-refractivity contribution >= 4 is 44.2 Å². The van der Waals surface area contributed by atoms with Gasteiger partial charge in [-0.05, 0) is 110 Å². The Balaban J connectivity index is -0.0000000570. The van der Waals surface area contributed by atoms with Crippen LogP contribution in [-0.4, -0.2) is 0 Å². The molecule has 0 aliphatic rings. The largest absolute Gasteiger partial charge is 0.149 e. The molecule has 7 aromatic rings. The molecule has 0 spiro atoms. The van der Waals surface area contributed by atoms with Crippen LogP contribution in [0.5, 0.6) is 0 Å². The van der Waals surface area contributed by atoms with Gasteiger partial charge in [0, 0.05) is 9.75 Å². The normalized spacial score (nSPS) is 7.28. The summed E-state index contributed by atoms with van der Waals surface area (Å²) in [5, 5.41) is 9.56. The Kier molecular flexibility index (Phi) is 96.8. The molecule has 65 heavy (non-hydrogen) atoms. The molecule has 0 fully saturated rings. The van der Waals surface area contributed by atoms with Crippen LogP contribution in [-0.2, 0) is 0 Å². The predicted molar refractivity (Wildman–Crippen MR) is 325 cm³/mol. The monoisotopic (exact) mass is 935 g/mol. The smallest absolute Gasteiger partial charge is 0.00433 e. The first kappa shape index (κ1) is 87.9. The van der Waals surface area contributed by atoms with Crippen LogP contribution in [0.4, 0.5) is 0 Å². The highest BCUT2D eigenvalue weighted by atomic mass is 32.1. The molecule has 0 aliphatic carbocycles. The maximum absolute atomic E-state index is 2.20. The predicted octanol–water partition coefficient (Wildman–Crippen LogP) is 24.8. The van der Waals surface area contributed by atoms with Crippen LogP contribution >= 0.6 is 22.7 Å². The van der Waals surface area contributed by atoms with Crippen molar-refractivity contribution in [2.45, 2.75) is 203 Å². The topological polar surface area (TPSA) is 0 Å². The van der Waals surface area contributed by atoms with E-state index in [1.54, 1.807) is 22.7 Å². The highest BCUT2D eigenvalue weighted by molar-refractivity contribution is 7.10. The third kappa shape index (κ3) is 47.8. The van der Waals surface area contributed by atoms with E-state index in [1.807, 2.05) is 143 Å². The number of fused-ring (bicyclic) bond motifs is 2.